The molecule has 0 spiro atoms. The van der Waals surface area contributed by atoms with Gasteiger partial charge in [-0.2, -0.15) is 0 Å². The molecule has 106 valence electrons. The lowest BCUT2D eigenvalue weighted by atomic mass is 9.97. The third-order valence-corrected chi connectivity index (χ3v) is 6.48. The molecule has 1 aliphatic carbocycles. The first-order valence-electron chi connectivity index (χ1n) is 6.36. The van der Waals surface area contributed by atoms with Gasteiger partial charge in [0.2, 0.25) is 0 Å². The number of hydrogen-bond donors (Lipinski definition) is 0. The first-order chi connectivity index (χ1) is 9.60. The van der Waals surface area contributed by atoms with E-state index in [9.17, 15) is 4.21 Å². The molecule has 0 radical (unpaired) electrons. The molecule has 3 unspecified atom stereocenters. The van der Waals surface area contributed by atoms with Crippen molar-refractivity contribution >= 4 is 44.6 Å². The highest BCUT2D eigenvalue weighted by atomic mass is 79.9. The minimum absolute atomic E-state index is 0.233. The van der Waals surface area contributed by atoms with Gasteiger partial charge in [-0.15, -0.1) is 11.8 Å². The summed E-state index contributed by atoms with van der Waals surface area (Å²) < 4.78 is 19.7. The molecule has 0 N–H and O–H groups in total. The summed E-state index contributed by atoms with van der Waals surface area (Å²) in [5, 5.41) is 0. The molecule has 3 atom stereocenters. The van der Waals surface area contributed by atoms with E-state index in [2.05, 4.69) is 34.1 Å². The van der Waals surface area contributed by atoms with Crippen LogP contribution in [-0.2, 0) is 10.8 Å². The Morgan fingerprint density at radius 2 is 2.35 bits per heavy atom. The fraction of sp³-hybridized carbons (Fsp3) is 0.333. The van der Waals surface area contributed by atoms with Crippen LogP contribution in [0.25, 0.3) is 6.08 Å². The van der Waals surface area contributed by atoms with Crippen molar-refractivity contribution in [1.29, 1.82) is 0 Å². The molecule has 20 heavy (non-hydrogen) atoms. The predicted octanol–water partition coefficient (Wildman–Crippen LogP) is 4.29. The topological polar surface area (TPSA) is 26.3 Å². The second-order valence-corrected chi connectivity index (χ2v) is 8.25. The van der Waals surface area contributed by atoms with E-state index in [-0.39, 0.29) is 6.10 Å². The number of thioether (sulfide) groups is 1. The molecule has 1 aromatic rings. The lowest BCUT2D eigenvalue weighted by Crippen LogP contribution is -2.11. The molecule has 5 heteroatoms. The summed E-state index contributed by atoms with van der Waals surface area (Å²) in [5.74, 6) is 1.31. The van der Waals surface area contributed by atoms with E-state index < -0.39 is 10.8 Å². The molecule has 0 fully saturated rings. The Morgan fingerprint density at radius 1 is 1.55 bits per heavy atom. The zero-order valence-corrected chi connectivity index (χ0v) is 14.5. The van der Waals surface area contributed by atoms with Crippen LogP contribution in [-0.4, -0.2) is 22.8 Å². The molecule has 1 heterocycles. The SMILES string of the molecule is CSC(=Cc1cc(Br)cc2c1OC1CC=CC21)S(C)=O. The number of fused-ring (bicyclic) bond motifs is 3. The minimum Gasteiger partial charge on any atom is -0.488 e. The predicted molar refractivity (Wildman–Crippen MR) is 90.6 cm³/mol. The van der Waals surface area contributed by atoms with Crippen molar-refractivity contribution in [3.8, 4) is 5.75 Å². The van der Waals surface area contributed by atoms with Crippen molar-refractivity contribution in [2.24, 2.45) is 0 Å². The first kappa shape index (κ1) is 14.4. The summed E-state index contributed by atoms with van der Waals surface area (Å²) in [5.41, 5.74) is 2.24. The number of rotatable bonds is 3. The Balaban J connectivity index is 2.10. The number of ether oxygens (including phenoxy) is 1. The van der Waals surface area contributed by atoms with Crippen LogP contribution in [0, 0.1) is 0 Å². The van der Waals surface area contributed by atoms with Crippen molar-refractivity contribution in [2.75, 3.05) is 12.5 Å². The highest BCUT2D eigenvalue weighted by Crippen LogP contribution is 2.47. The normalized spacial score (nSPS) is 25.2. The summed E-state index contributed by atoms with van der Waals surface area (Å²) >= 11 is 5.09. The summed E-state index contributed by atoms with van der Waals surface area (Å²) in [7, 11) is -0.973. The quantitative estimate of drug-likeness (QED) is 0.742. The van der Waals surface area contributed by atoms with Crippen LogP contribution < -0.4 is 4.74 Å². The molecule has 0 amide bonds. The van der Waals surface area contributed by atoms with Crippen molar-refractivity contribution in [3.63, 3.8) is 0 Å². The lowest BCUT2D eigenvalue weighted by molar-refractivity contribution is 0.231. The molecule has 1 aromatic carbocycles. The van der Waals surface area contributed by atoms with E-state index >= 15 is 0 Å². The van der Waals surface area contributed by atoms with E-state index in [0.29, 0.717) is 5.92 Å². The van der Waals surface area contributed by atoms with Gasteiger partial charge < -0.3 is 4.74 Å². The van der Waals surface area contributed by atoms with Crippen LogP contribution in [0.5, 0.6) is 5.75 Å². The second-order valence-electron chi connectivity index (χ2n) is 4.88. The van der Waals surface area contributed by atoms with E-state index in [1.54, 1.807) is 6.26 Å². The molecular weight excluding hydrogens is 356 g/mol. The summed E-state index contributed by atoms with van der Waals surface area (Å²) in [4.78, 5) is 0. The van der Waals surface area contributed by atoms with Gasteiger partial charge in [-0.25, -0.2) is 0 Å². The van der Waals surface area contributed by atoms with Crippen molar-refractivity contribution in [1.82, 2.24) is 0 Å². The van der Waals surface area contributed by atoms with Gasteiger partial charge in [0, 0.05) is 34.2 Å². The number of benzene rings is 1. The monoisotopic (exact) mass is 370 g/mol. The molecule has 0 bridgehead atoms. The van der Waals surface area contributed by atoms with Gasteiger partial charge in [0.05, 0.1) is 15.0 Å². The average Bonchev–Trinajstić information content (AvgIpc) is 2.96. The minimum atomic E-state index is -0.973. The first-order valence-corrected chi connectivity index (χ1v) is 9.93. The maximum atomic E-state index is 11.7. The maximum Gasteiger partial charge on any atom is 0.131 e. The maximum absolute atomic E-state index is 11.7. The van der Waals surface area contributed by atoms with E-state index in [1.165, 1.54) is 17.3 Å². The Morgan fingerprint density at radius 3 is 3.05 bits per heavy atom. The smallest absolute Gasteiger partial charge is 0.131 e. The van der Waals surface area contributed by atoms with Crippen LogP contribution >= 0.6 is 27.7 Å². The molecule has 0 saturated heterocycles. The molecule has 0 aromatic heterocycles. The highest BCUT2D eigenvalue weighted by molar-refractivity contribution is 9.10. The summed E-state index contributed by atoms with van der Waals surface area (Å²) in [6.07, 6.45) is 11.2. The largest absolute Gasteiger partial charge is 0.488 e. The zero-order valence-electron chi connectivity index (χ0n) is 11.3. The second kappa shape index (κ2) is 5.70. The fourth-order valence-corrected chi connectivity index (χ4v) is 4.69. The molecule has 2 aliphatic rings. The number of halogens is 1. The molecular formula is C15H15BrO2S2. The fourth-order valence-electron chi connectivity index (χ4n) is 2.72. The number of hydrogen-bond acceptors (Lipinski definition) is 3. The molecule has 3 rings (SSSR count). The van der Waals surface area contributed by atoms with Gasteiger partial charge in [-0.1, -0.05) is 28.1 Å². The lowest BCUT2D eigenvalue weighted by Gasteiger charge is -2.09. The van der Waals surface area contributed by atoms with E-state index in [4.69, 9.17) is 4.74 Å². The molecule has 2 nitrogen and oxygen atoms in total. The van der Waals surface area contributed by atoms with Gasteiger partial charge in [0.15, 0.2) is 0 Å². The molecule has 1 aliphatic heterocycles. The Kier molecular flexibility index (Phi) is 4.11. The average molecular weight is 371 g/mol. The summed E-state index contributed by atoms with van der Waals surface area (Å²) in [6.45, 7) is 0. The molecule has 0 saturated carbocycles. The van der Waals surface area contributed by atoms with Crippen LogP contribution in [0.15, 0.2) is 33.0 Å². The highest BCUT2D eigenvalue weighted by Gasteiger charge is 2.36. The van der Waals surface area contributed by atoms with Gasteiger partial charge in [0.25, 0.3) is 0 Å². The van der Waals surface area contributed by atoms with Crippen LogP contribution in [0.1, 0.15) is 23.5 Å². The van der Waals surface area contributed by atoms with Gasteiger partial charge in [0.1, 0.15) is 11.9 Å². The van der Waals surface area contributed by atoms with Crippen LogP contribution in [0.3, 0.4) is 0 Å². The van der Waals surface area contributed by atoms with Gasteiger partial charge >= 0.3 is 0 Å². The standard InChI is InChI=1S/C15H15BrO2S2/c1-19-14(20(2)17)7-9-6-10(16)8-12-11-4-3-5-13(11)18-15(9)12/h3-4,6-8,11,13H,5H2,1-2H3. The Bertz CT molecular complexity index is 637. The van der Waals surface area contributed by atoms with Crippen LogP contribution in [0.4, 0.5) is 0 Å². The third-order valence-electron chi connectivity index (χ3n) is 3.61. The van der Waals surface area contributed by atoms with E-state index in [1.807, 2.05) is 18.4 Å². The zero-order chi connectivity index (χ0) is 14.3. The van der Waals surface area contributed by atoms with Crippen molar-refractivity contribution in [3.05, 3.63) is 44.1 Å². The van der Waals surface area contributed by atoms with Crippen LogP contribution in [0.2, 0.25) is 0 Å². The van der Waals surface area contributed by atoms with Gasteiger partial charge in [-0.05, 0) is 24.5 Å². The Labute approximate surface area is 134 Å². The third kappa shape index (κ3) is 2.51. The van der Waals surface area contributed by atoms with Crippen molar-refractivity contribution in [2.45, 2.75) is 18.4 Å². The van der Waals surface area contributed by atoms with Gasteiger partial charge in [-0.3, -0.25) is 4.21 Å². The van der Waals surface area contributed by atoms with Crippen molar-refractivity contribution < 1.29 is 8.95 Å². The van der Waals surface area contributed by atoms with E-state index in [0.717, 1.165) is 26.4 Å². The Hall–Kier alpha value is -0.520. The summed E-state index contributed by atoms with van der Waals surface area (Å²) in [6, 6.07) is 4.17.